The summed E-state index contributed by atoms with van der Waals surface area (Å²) in [6.45, 7) is 6.83. The molecular weight excluding hydrogens is 232 g/mol. The molecule has 0 aliphatic carbocycles. The van der Waals surface area contributed by atoms with Crippen LogP contribution in [-0.2, 0) is 0 Å². The second-order valence-electron chi connectivity index (χ2n) is 4.91. The summed E-state index contributed by atoms with van der Waals surface area (Å²) in [5, 5.41) is 0.601. The molecule has 1 saturated heterocycles. The zero-order chi connectivity index (χ0) is 12.3. The summed E-state index contributed by atoms with van der Waals surface area (Å²) in [6, 6.07) is 2.54. The van der Waals surface area contributed by atoms with Gasteiger partial charge in [0.05, 0.1) is 0 Å². The van der Waals surface area contributed by atoms with E-state index in [1.54, 1.807) is 0 Å². The van der Waals surface area contributed by atoms with E-state index in [1.807, 2.05) is 12.3 Å². The molecule has 3 heteroatoms. The Morgan fingerprint density at radius 1 is 1.53 bits per heavy atom. The summed E-state index contributed by atoms with van der Waals surface area (Å²) in [4.78, 5) is 6.84. The number of nitrogens with zero attached hydrogens (tertiary/aromatic N) is 2. The predicted molar refractivity (Wildman–Crippen MR) is 72.4 cm³/mol. The fraction of sp³-hybridized carbons (Fsp3) is 0.643. The zero-order valence-electron chi connectivity index (χ0n) is 10.7. The summed E-state index contributed by atoms with van der Waals surface area (Å²) in [5.41, 5.74) is 2.64. The van der Waals surface area contributed by atoms with Crippen molar-refractivity contribution in [3.8, 4) is 0 Å². The number of hydrogen-bond donors (Lipinski definition) is 0. The Hall–Kier alpha value is -0.600. The van der Waals surface area contributed by atoms with E-state index in [9.17, 15) is 0 Å². The van der Waals surface area contributed by atoms with E-state index in [0.29, 0.717) is 11.2 Å². The van der Waals surface area contributed by atoms with Crippen molar-refractivity contribution < 1.29 is 0 Å². The molecule has 1 aromatic heterocycles. The number of hydrogen-bond acceptors (Lipinski definition) is 2. The Balaban J connectivity index is 2.14. The maximum atomic E-state index is 5.92. The fourth-order valence-electron chi connectivity index (χ4n) is 2.69. The second kappa shape index (κ2) is 5.83. The first kappa shape index (κ1) is 12.8. The molecule has 0 bridgehead atoms. The Morgan fingerprint density at radius 3 is 3.06 bits per heavy atom. The fourth-order valence-corrected chi connectivity index (χ4v) is 2.90. The molecule has 1 atom stereocenters. The average molecular weight is 253 g/mol. The van der Waals surface area contributed by atoms with Crippen molar-refractivity contribution in [2.24, 2.45) is 0 Å². The van der Waals surface area contributed by atoms with Crippen molar-refractivity contribution in [3.63, 3.8) is 0 Å². The van der Waals surface area contributed by atoms with E-state index in [4.69, 9.17) is 11.6 Å². The van der Waals surface area contributed by atoms with E-state index in [2.05, 4.69) is 23.7 Å². The van der Waals surface area contributed by atoms with E-state index >= 15 is 0 Å². The topological polar surface area (TPSA) is 16.1 Å². The van der Waals surface area contributed by atoms with Gasteiger partial charge in [-0.25, -0.2) is 4.98 Å². The van der Waals surface area contributed by atoms with Crippen molar-refractivity contribution in [1.29, 1.82) is 0 Å². The lowest BCUT2D eigenvalue weighted by molar-refractivity contribution is 0.252. The molecular formula is C14H21ClN2. The molecule has 1 aromatic rings. The highest BCUT2D eigenvalue weighted by Crippen LogP contribution is 2.33. The number of aryl methyl sites for hydroxylation is 1. The van der Waals surface area contributed by atoms with Crippen LogP contribution in [0.25, 0.3) is 0 Å². The van der Waals surface area contributed by atoms with Gasteiger partial charge in [0, 0.05) is 12.2 Å². The van der Waals surface area contributed by atoms with Crippen LogP contribution in [0.2, 0.25) is 5.15 Å². The molecule has 17 heavy (non-hydrogen) atoms. The molecule has 94 valence electrons. The Morgan fingerprint density at radius 2 is 2.35 bits per heavy atom. The van der Waals surface area contributed by atoms with E-state index < -0.39 is 0 Å². The summed E-state index contributed by atoms with van der Waals surface area (Å²) < 4.78 is 0. The van der Waals surface area contributed by atoms with E-state index in [-0.39, 0.29) is 0 Å². The second-order valence-corrected chi connectivity index (χ2v) is 5.30. The average Bonchev–Trinajstić information content (AvgIpc) is 2.74. The van der Waals surface area contributed by atoms with Crippen LogP contribution < -0.4 is 0 Å². The van der Waals surface area contributed by atoms with Crippen LogP contribution in [-0.4, -0.2) is 23.0 Å². The van der Waals surface area contributed by atoms with Crippen LogP contribution in [0.4, 0.5) is 0 Å². The molecule has 0 unspecified atom stereocenters. The van der Waals surface area contributed by atoms with Crippen LogP contribution in [0.1, 0.15) is 49.8 Å². The highest BCUT2D eigenvalue weighted by molar-refractivity contribution is 6.29. The summed E-state index contributed by atoms with van der Waals surface area (Å²) in [5.74, 6) is 0. The first-order chi connectivity index (χ1) is 8.22. The number of pyridine rings is 1. The highest BCUT2D eigenvalue weighted by Gasteiger charge is 2.26. The summed E-state index contributed by atoms with van der Waals surface area (Å²) in [7, 11) is 0. The maximum absolute atomic E-state index is 5.92. The van der Waals surface area contributed by atoms with Gasteiger partial charge in [0.2, 0.25) is 0 Å². The predicted octanol–water partition coefficient (Wildman–Crippen LogP) is 3.98. The van der Waals surface area contributed by atoms with Crippen LogP contribution >= 0.6 is 11.6 Å². The zero-order valence-corrected chi connectivity index (χ0v) is 11.5. The molecule has 1 aliphatic rings. The third-order valence-electron chi connectivity index (χ3n) is 3.64. The van der Waals surface area contributed by atoms with Crippen molar-refractivity contribution in [2.45, 2.75) is 45.6 Å². The molecule has 2 rings (SSSR count). The van der Waals surface area contributed by atoms with Crippen LogP contribution in [0.5, 0.6) is 0 Å². The van der Waals surface area contributed by atoms with Crippen molar-refractivity contribution in [2.75, 3.05) is 13.1 Å². The standard InChI is InChI=1S/C14H21ClN2/c1-3-4-7-17-8-5-6-13(17)12-10-16-14(15)9-11(12)2/h9-10,13H,3-8H2,1-2H3/t13-/m1/s1. The molecule has 0 aromatic carbocycles. The lowest BCUT2D eigenvalue weighted by atomic mass is 10.0. The first-order valence-corrected chi connectivity index (χ1v) is 6.96. The van der Waals surface area contributed by atoms with Crippen LogP contribution in [0, 0.1) is 6.92 Å². The maximum Gasteiger partial charge on any atom is 0.129 e. The quantitative estimate of drug-likeness (QED) is 0.754. The van der Waals surface area contributed by atoms with Gasteiger partial charge >= 0.3 is 0 Å². The first-order valence-electron chi connectivity index (χ1n) is 6.58. The van der Waals surface area contributed by atoms with Gasteiger partial charge in [-0.2, -0.15) is 0 Å². The van der Waals surface area contributed by atoms with E-state index in [0.717, 1.165) is 0 Å². The van der Waals surface area contributed by atoms with Crippen LogP contribution in [0.15, 0.2) is 12.3 Å². The van der Waals surface area contributed by atoms with Crippen molar-refractivity contribution in [3.05, 3.63) is 28.5 Å². The molecule has 0 N–H and O–H groups in total. The highest BCUT2D eigenvalue weighted by atomic mass is 35.5. The van der Waals surface area contributed by atoms with Gasteiger partial charge in [-0.15, -0.1) is 0 Å². The smallest absolute Gasteiger partial charge is 0.129 e. The third-order valence-corrected chi connectivity index (χ3v) is 3.85. The van der Waals surface area contributed by atoms with Gasteiger partial charge in [0.15, 0.2) is 0 Å². The van der Waals surface area contributed by atoms with Gasteiger partial charge in [-0.3, -0.25) is 4.90 Å². The molecule has 2 nitrogen and oxygen atoms in total. The molecule has 0 spiro atoms. The number of likely N-dealkylation sites (tertiary alicyclic amines) is 1. The van der Waals surface area contributed by atoms with Gasteiger partial charge < -0.3 is 0 Å². The minimum atomic E-state index is 0.561. The van der Waals surface area contributed by atoms with Crippen molar-refractivity contribution in [1.82, 2.24) is 9.88 Å². The third kappa shape index (κ3) is 2.99. The Labute approximate surface area is 109 Å². The number of unbranched alkanes of at least 4 members (excludes halogenated alkanes) is 1. The normalized spacial score (nSPS) is 21.0. The lowest BCUT2D eigenvalue weighted by Crippen LogP contribution is -2.25. The van der Waals surface area contributed by atoms with Gasteiger partial charge in [0.25, 0.3) is 0 Å². The number of rotatable bonds is 4. The molecule has 0 radical (unpaired) electrons. The van der Waals surface area contributed by atoms with Gasteiger partial charge in [-0.1, -0.05) is 24.9 Å². The monoisotopic (exact) mass is 252 g/mol. The van der Waals surface area contributed by atoms with Crippen LogP contribution in [0.3, 0.4) is 0 Å². The minimum absolute atomic E-state index is 0.561. The number of aromatic nitrogens is 1. The molecule has 0 amide bonds. The molecule has 1 fully saturated rings. The van der Waals surface area contributed by atoms with Crippen molar-refractivity contribution >= 4 is 11.6 Å². The van der Waals surface area contributed by atoms with Gasteiger partial charge in [0.1, 0.15) is 5.15 Å². The largest absolute Gasteiger partial charge is 0.296 e. The SMILES string of the molecule is CCCCN1CCC[C@@H]1c1cnc(Cl)cc1C. The Kier molecular flexibility index (Phi) is 4.41. The molecule has 0 saturated carbocycles. The number of halogens is 1. The van der Waals surface area contributed by atoms with Gasteiger partial charge in [-0.05, 0) is 56.5 Å². The minimum Gasteiger partial charge on any atom is -0.296 e. The summed E-state index contributed by atoms with van der Waals surface area (Å²) in [6.07, 6.45) is 7.08. The lowest BCUT2D eigenvalue weighted by Gasteiger charge is -2.25. The van der Waals surface area contributed by atoms with E-state index in [1.165, 1.54) is 49.9 Å². The summed E-state index contributed by atoms with van der Waals surface area (Å²) >= 11 is 5.92. The molecule has 2 heterocycles. The Bertz CT molecular complexity index is 378. The molecule has 1 aliphatic heterocycles.